The molecule has 1 saturated heterocycles. The molecule has 1 atom stereocenters. The van der Waals surface area contributed by atoms with Crippen molar-refractivity contribution >= 4 is 23.4 Å². The molecule has 0 saturated carbocycles. The van der Waals surface area contributed by atoms with Crippen molar-refractivity contribution in [2.24, 2.45) is 0 Å². The Balaban J connectivity index is 1.46. The first kappa shape index (κ1) is 20.2. The summed E-state index contributed by atoms with van der Waals surface area (Å²) in [5.74, 6) is 2.65. The molecule has 0 N–H and O–H groups in total. The number of hydrogen-bond acceptors (Lipinski definition) is 6. The number of benzene rings is 1. The fraction of sp³-hybridized carbons (Fsp3) is 0.409. The third-order valence-electron chi connectivity index (χ3n) is 6.10. The molecule has 3 aromatic rings. The van der Waals surface area contributed by atoms with Crippen LogP contribution < -0.4 is 9.80 Å². The van der Waals surface area contributed by atoms with Gasteiger partial charge in [0.15, 0.2) is 5.82 Å². The molecule has 2 aromatic heterocycles. The molecule has 2 aliphatic heterocycles. The Morgan fingerprint density at radius 3 is 2.58 bits per heavy atom. The SMILES string of the molecule is CC(CF)N1Cc2cc(Cl)ccc2-n2c(nnc2N2CCN(c3ccccn3)CC2)C1. The Morgan fingerprint density at radius 2 is 1.84 bits per heavy atom. The van der Waals surface area contributed by atoms with E-state index < -0.39 is 6.67 Å². The molecule has 1 aromatic carbocycles. The number of pyridine rings is 1. The molecule has 4 heterocycles. The molecule has 0 aliphatic carbocycles. The quantitative estimate of drug-likeness (QED) is 0.619. The number of anilines is 2. The van der Waals surface area contributed by atoms with Crippen LogP contribution in [0.1, 0.15) is 18.3 Å². The zero-order chi connectivity index (χ0) is 21.4. The summed E-state index contributed by atoms with van der Waals surface area (Å²) in [6.45, 7) is 6.01. The second kappa shape index (κ2) is 8.43. The van der Waals surface area contributed by atoms with Crippen LogP contribution in [0.3, 0.4) is 0 Å². The van der Waals surface area contributed by atoms with Gasteiger partial charge in [0.05, 0.1) is 12.2 Å². The maximum Gasteiger partial charge on any atom is 0.232 e. The maximum atomic E-state index is 13.5. The van der Waals surface area contributed by atoms with Crippen molar-refractivity contribution in [1.82, 2.24) is 24.6 Å². The van der Waals surface area contributed by atoms with Gasteiger partial charge in [-0.1, -0.05) is 17.7 Å². The minimum atomic E-state index is -0.410. The lowest BCUT2D eigenvalue weighted by atomic mass is 10.1. The number of piperazine rings is 1. The van der Waals surface area contributed by atoms with Crippen molar-refractivity contribution in [2.75, 3.05) is 42.7 Å². The van der Waals surface area contributed by atoms with Crippen LogP contribution in [0, 0.1) is 0 Å². The molecular weight excluding hydrogens is 417 g/mol. The summed E-state index contributed by atoms with van der Waals surface area (Å²) < 4.78 is 15.6. The average Bonchev–Trinajstić information content (AvgIpc) is 3.15. The van der Waals surface area contributed by atoms with E-state index in [1.165, 1.54) is 0 Å². The van der Waals surface area contributed by atoms with Crippen LogP contribution in [0.2, 0.25) is 5.02 Å². The van der Waals surface area contributed by atoms with Crippen molar-refractivity contribution in [3.05, 3.63) is 59.0 Å². The van der Waals surface area contributed by atoms with Gasteiger partial charge in [-0.15, -0.1) is 10.2 Å². The van der Waals surface area contributed by atoms with Gasteiger partial charge in [0.2, 0.25) is 5.95 Å². The highest BCUT2D eigenvalue weighted by molar-refractivity contribution is 6.30. The second-order valence-electron chi connectivity index (χ2n) is 8.10. The third-order valence-corrected chi connectivity index (χ3v) is 6.33. The van der Waals surface area contributed by atoms with E-state index in [-0.39, 0.29) is 6.04 Å². The highest BCUT2D eigenvalue weighted by Gasteiger charge is 2.29. The van der Waals surface area contributed by atoms with E-state index in [0.29, 0.717) is 18.1 Å². The molecule has 0 amide bonds. The summed E-state index contributed by atoms with van der Waals surface area (Å²) in [7, 11) is 0. The smallest absolute Gasteiger partial charge is 0.232 e. The minimum Gasteiger partial charge on any atom is -0.353 e. The van der Waals surface area contributed by atoms with Crippen LogP contribution >= 0.6 is 11.6 Å². The molecule has 9 heteroatoms. The predicted octanol–water partition coefficient (Wildman–Crippen LogP) is 3.32. The Hall–Kier alpha value is -2.71. The van der Waals surface area contributed by atoms with Crippen molar-refractivity contribution < 1.29 is 4.39 Å². The summed E-state index contributed by atoms with van der Waals surface area (Å²) in [6, 6.07) is 11.6. The van der Waals surface area contributed by atoms with E-state index in [1.807, 2.05) is 49.5 Å². The van der Waals surface area contributed by atoms with Gasteiger partial charge in [0.1, 0.15) is 12.5 Å². The van der Waals surface area contributed by atoms with Crippen LogP contribution in [0.5, 0.6) is 0 Å². The largest absolute Gasteiger partial charge is 0.353 e. The Morgan fingerprint density at radius 1 is 1.03 bits per heavy atom. The summed E-state index contributed by atoms with van der Waals surface area (Å²) >= 11 is 6.30. The van der Waals surface area contributed by atoms with E-state index in [9.17, 15) is 4.39 Å². The Kier molecular flexibility index (Phi) is 5.50. The molecule has 7 nitrogen and oxygen atoms in total. The number of nitrogens with zero attached hydrogens (tertiary/aromatic N) is 7. The van der Waals surface area contributed by atoms with Gasteiger partial charge < -0.3 is 9.80 Å². The Bertz CT molecular complexity index is 1050. The topological polar surface area (TPSA) is 53.3 Å². The summed E-state index contributed by atoms with van der Waals surface area (Å²) in [4.78, 5) is 11.1. The highest BCUT2D eigenvalue weighted by atomic mass is 35.5. The van der Waals surface area contributed by atoms with Gasteiger partial charge in [-0.05, 0) is 42.8 Å². The van der Waals surface area contributed by atoms with Crippen LogP contribution in [-0.4, -0.2) is 63.5 Å². The number of rotatable bonds is 4. The van der Waals surface area contributed by atoms with Crippen LogP contribution in [0.15, 0.2) is 42.6 Å². The van der Waals surface area contributed by atoms with E-state index >= 15 is 0 Å². The highest BCUT2D eigenvalue weighted by Crippen LogP contribution is 2.31. The molecule has 31 heavy (non-hydrogen) atoms. The fourth-order valence-electron chi connectivity index (χ4n) is 4.30. The second-order valence-corrected chi connectivity index (χ2v) is 8.53. The number of halogens is 2. The molecule has 5 rings (SSSR count). The van der Waals surface area contributed by atoms with E-state index in [0.717, 1.165) is 55.0 Å². The van der Waals surface area contributed by atoms with Crippen molar-refractivity contribution in [1.29, 1.82) is 0 Å². The zero-order valence-electron chi connectivity index (χ0n) is 17.5. The van der Waals surface area contributed by atoms with Crippen molar-refractivity contribution in [3.8, 4) is 5.69 Å². The lowest BCUT2D eigenvalue weighted by Gasteiger charge is -2.35. The Labute approximate surface area is 186 Å². The van der Waals surface area contributed by atoms with Crippen molar-refractivity contribution in [3.63, 3.8) is 0 Å². The fourth-order valence-corrected chi connectivity index (χ4v) is 4.50. The van der Waals surface area contributed by atoms with E-state index in [4.69, 9.17) is 11.6 Å². The zero-order valence-corrected chi connectivity index (χ0v) is 18.2. The van der Waals surface area contributed by atoms with Crippen molar-refractivity contribution in [2.45, 2.75) is 26.1 Å². The molecular formula is C22H25ClFN7. The van der Waals surface area contributed by atoms with Crippen LogP contribution in [-0.2, 0) is 13.1 Å². The van der Waals surface area contributed by atoms with Gasteiger partial charge in [-0.2, -0.15) is 0 Å². The van der Waals surface area contributed by atoms with Gasteiger partial charge in [0.25, 0.3) is 0 Å². The maximum absolute atomic E-state index is 13.5. The first-order chi connectivity index (χ1) is 15.1. The molecule has 0 spiro atoms. The number of fused-ring (bicyclic) bond motifs is 3. The standard InChI is InChI=1S/C22H25ClFN7/c1-16(13-24)30-14-17-12-18(23)5-6-19(17)31-21(15-30)26-27-22(31)29-10-8-28(9-11-29)20-4-2-3-7-25-20/h2-7,12,16H,8-11,13-15H2,1H3. The molecule has 1 fully saturated rings. The molecule has 2 aliphatic rings. The van der Waals surface area contributed by atoms with Gasteiger partial charge >= 0.3 is 0 Å². The number of aromatic nitrogens is 4. The van der Waals surface area contributed by atoms with Gasteiger partial charge in [-0.3, -0.25) is 9.47 Å². The van der Waals surface area contributed by atoms with Crippen LogP contribution in [0.25, 0.3) is 5.69 Å². The summed E-state index contributed by atoms with van der Waals surface area (Å²) in [5, 5.41) is 9.73. The van der Waals surface area contributed by atoms with Gasteiger partial charge in [0, 0.05) is 50.0 Å². The first-order valence-electron chi connectivity index (χ1n) is 10.6. The predicted molar refractivity (Wildman–Crippen MR) is 120 cm³/mol. The van der Waals surface area contributed by atoms with Gasteiger partial charge in [-0.25, -0.2) is 9.37 Å². The summed E-state index contributed by atoms with van der Waals surface area (Å²) in [6.07, 6.45) is 1.83. The number of hydrogen-bond donors (Lipinski definition) is 0. The first-order valence-corrected chi connectivity index (χ1v) is 11.0. The lowest BCUT2D eigenvalue weighted by molar-refractivity contribution is 0.160. The minimum absolute atomic E-state index is 0.208. The van der Waals surface area contributed by atoms with Crippen LogP contribution in [0.4, 0.5) is 16.2 Å². The van der Waals surface area contributed by atoms with E-state index in [2.05, 4.69) is 34.4 Å². The number of alkyl halides is 1. The monoisotopic (exact) mass is 441 g/mol. The summed E-state index contributed by atoms with van der Waals surface area (Å²) in [5.41, 5.74) is 2.07. The normalized spacial score (nSPS) is 17.8. The molecule has 1 unspecified atom stereocenters. The molecule has 0 radical (unpaired) electrons. The third kappa shape index (κ3) is 3.85. The average molecular weight is 442 g/mol. The van der Waals surface area contributed by atoms with E-state index in [1.54, 1.807) is 0 Å². The lowest BCUT2D eigenvalue weighted by Crippen LogP contribution is -2.47. The molecule has 162 valence electrons. The molecule has 0 bridgehead atoms.